The number of para-hydroxylation sites is 1. The second-order valence-corrected chi connectivity index (χ2v) is 4.77. The van der Waals surface area contributed by atoms with Crippen LogP contribution in [0.15, 0.2) is 30.5 Å². The van der Waals surface area contributed by atoms with E-state index in [4.69, 9.17) is 0 Å². The van der Waals surface area contributed by atoms with E-state index in [9.17, 15) is 4.79 Å². The van der Waals surface area contributed by atoms with E-state index >= 15 is 0 Å². The summed E-state index contributed by atoms with van der Waals surface area (Å²) in [6.45, 7) is 1.53. The lowest BCUT2D eigenvalue weighted by Crippen LogP contribution is -2.24. The van der Waals surface area contributed by atoms with Crippen LogP contribution < -0.4 is 10.6 Å². The number of fused-ring (bicyclic) bond motifs is 1. The Hall–Kier alpha value is -1.81. The van der Waals surface area contributed by atoms with Crippen LogP contribution in [0.3, 0.4) is 0 Å². The highest BCUT2D eigenvalue weighted by Crippen LogP contribution is 2.28. The van der Waals surface area contributed by atoms with Gasteiger partial charge in [0.2, 0.25) is 5.91 Å². The van der Waals surface area contributed by atoms with Gasteiger partial charge in [0.25, 0.3) is 0 Å². The summed E-state index contributed by atoms with van der Waals surface area (Å²) < 4.78 is 2.12. The number of aryl methyl sites for hydroxylation is 1. The molecule has 94 valence electrons. The van der Waals surface area contributed by atoms with Gasteiger partial charge in [0.05, 0.1) is 0 Å². The fraction of sp³-hybridized carbons (Fsp3) is 0.357. The van der Waals surface area contributed by atoms with E-state index in [2.05, 4.69) is 33.5 Å². The Morgan fingerprint density at radius 1 is 1.28 bits per heavy atom. The van der Waals surface area contributed by atoms with Gasteiger partial charge in [0, 0.05) is 49.7 Å². The second kappa shape index (κ2) is 4.46. The SMILES string of the molecule is Cn1cc(C2CC(=O)NCCN2)c2ccccc21. The van der Waals surface area contributed by atoms with Crippen molar-refractivity contribution in [2.45, 2.75) is 12.5 Å². The topological polar surface area (TPSA) is 46.1 Å². The van der Waals surface area contributed by atoms with Crippen molar-refractivity contribution in [1.82, 2.24) is 15.2 Å². The number of nitrogens with zero attached hydrogens (tertiary/aromatic N) is 1. The first-order chi connectivity index (χ1) is 8.75. The molecule has 0 radical (unpaired) electrons. The average Bonchev–Trinajstić information content (AvgIpc) is 2.57. The van der Waals surface area contributed by atoms with Gasteiger partial charge in [-0.15, -0.1) is 0 Å². The Bertz CT molecular complexity index is 588. The number of hydrogen-bond donors (Lipinski definition) is 2. The molecule has 1 saturated heterocycles. The summed E-state index contributed by atoms with van der Waals surface area (Å²) >= 11 is 0. The number of rotatable bonds is 1. The maximum Gasteiger partial charge on any atom is 0.221 e. The summed E-state index contributed by atoms with van der Waals surface area (Å²) in [5, 5.41) is 7.56. The fourth-order valence-electron chi connectivity index (χ4n) is 2.65. The number of hydrogen-bond acceptors (Lipinski definition) is 2. The molecule has 0 aliphatic carbocycles. The molecule has 18 heavy (non-hydrogen) atoms. The molecule has 4 nitrogen and oxygen atoms in total. The zero-order chi connectivity index (χ0) is 12.5. The summed E-state index contributed by atoms with van der Waals surface area (Å²) in [5.74, 6) is 0.123. The first kappa shape index (κ1) is 11.3. The van der Waals surface area contributed by atoms with Crippen LogP contribution in [0.1, 0.15) is 18.0 Å². The van der Waals surface area contributed by atoms with Crippen LogP contribution in [0.2, 0.25) is 0 Å². The van der Waals surface area contributed by atoms with Crippen LogP contribution in [-0.2, 0) is 11.8 Å². The number of carbonyl (C=O) groups is 1. The monoisotopic (exact) mass is 243 g/mol. The highest BCUT2D eigenvalue weighted by atomic mass is 16.1. The zero-order valence-electron chi connectivity index (χ0n) is 10.4. The Labute approximate surface area is 106 Å². The molecule has 2 aromatic rings. The third-order valence-corrected chi connectivity index (χ3v) is 3.53. The van der Waals surface area contributed by atoms with E-state index < -0.39 is 0 Å². The van der Waals surface area contributed by atoms with Crippen LogP contribution >= 0.6 is 0 Å². The standard InChI is InChI=1S/C14H17N3O/c1-17-9-11(10-4-2-3-5-13(10)17)12-8-14(18)16-7-6-15-12/h2-5,9,12,15H,6-8H2,1H3,(H,16,18). The van der Waals surface area contributed by atoms with Crippen LogP contribution in [-0.4, -0.2) is 23.6 Å². The molecule has 0 spiro atoms. The molecule has 3 rings (SSSR count). The Kier molecular flexibility index (Phi) is 2.80. The lowest BCUT2D eigenvalue weighted by molar-refractivity contribution is -0.121. The molecular formula is C14H17N3O. The minimum absolute atomic E-state index is 0.110. The first-order valence-corrected chi connectivity index (χ1v) is 6.30. The van der Waals surface area contributed by atoms with Gasteiger partial charge < -0.3 is 15.2 Å². The smallest absolute Gasteiger partial charge is 0.221 e. The Balaban J connectivity index is 2.05. The summed E-state index contributed by atoms with van der Waals surface area (Å²) in [6, 6.07) is 8.42. The predicted octanol–water partition coefficient (Wildman–Crippen LogP) is 1.33. The molecule has 2 heterocycles. The summed E-state index contributed by atoms with van der Waals surface area (Å²) in [7, 11) is 2.04. The molecule has 0 bridgehead atoms. The number of benzene rings is 1. The molecule has 1 unspecified atom stereocenters. The highest BCUT2D eigenvalue weighted by Gasteiger charge is 2.21. The van der Waals surface area contributed by atoms with Gasteiger partial charge in [0.1, 0.15) is 0 Å². The van der Waals surface area contributed by atoms with Crippen molar-refractivity contribution in [3.05, 3.63) is 36.0 Å². The van der Waals surface area contributed by atoms with Gasteiger partial charge in [-0.05, 0) is 11.6 Å². The van der Waals surface area contributed by atoms with Gasteiger partial charge in [-0.25, -0.2) is 0 Å². The predicted molar refractivity (Wildman–Crippen MR) is 71.3 cm³/mol. The third kappa shape index (κ3) is 1.88. The van der Waals surface area contributed by atoms with Gasteiger partial charge in [-0.1, -0.05) is 18.2 Å². The molecular weight excluding hydrogens is 226 g/mol. The lowest BCUT2D eigenvalue weighted by atomic mass is 10.0. The Morgan fingerprint density at radius 2 is 2.11 bits per heavy atom. The molecule has 0 saturated carbocycles. The number of carbonyl (C=O) groups excluding carboxylic acids is 1. The van der Waals surface area contributed by atoms with Gasteiger partial charge in [-0.2, -0.15) is 0 Å². The first-order valence-electron chi connectivity index (χ1n) is 6.30. The van der Waals surface area contributed by atoms with Crippen LogP contribution in [0, 0.1) is 0 Å². The minimum Gasteiger partial charge on any atom is -0.355 e. The lowest BCUT2D eigenvalue weighted by Gasteiger charge is -2.13. The molecule has 2 N–H and O–H groups in total. The fourth-order valence-corrected chi connectivity index (χ4v) is 2.65. The van der Waals surface area contributed by atoms with Crippen molar-refractivity contribution in [2.75, 3.05) is 13.1 Å². The maximum absolute atomic E-state index is 11.7. The highest BCUT2D eigenvalue weighted by molar-refractivity contribution is 5.85. The zero-order valence-corrected chi connectivity index (χ0v) is 10.4. The van der Waals surface area contributed by atoms with Crippen LogP contribution in [0.25, 0.3) is 10.9 Å². The molecule has 1 aliphatic heterocycles. The quantitative estimate of drug-likeness (QED) is 0.793. The second-order valence-electron chi connectivity index (χ2n) is 4.77. The van der Waals surface area contributed by atoms with Crippen molar-refractivity contribution in [3.8, 4) is 0 Å². The van der Waals surface area contributed by atoms with E-state index in [1.54, 1.807) is 0 Å². The van der Waals surface area contributed by atoms with Crippen LogP contribution in [0.5, 0.6) is 0 Å². The van der Waals surface area contributed by atoms with E-state index in [-0.39, 0.29) is 11.9 Å². The van der Waals surface area contributed by atoms with Gasteiger partial charge in [-0.3, -0.25) is 4.79 Å². The number of nitrogens with one attached hydrogen (secondary N) is 2. The number of amides is 1. The van der Waals surface area contributed by atoms with E-state index in [1.165, 1.54) is 16.5 Å². The van der Waals surface area contributed by atoms with Crippen molar-refractivity contribution in [1.29, 1.82) is 0 Å². The normalized spacial score (nSPS) is 20.7. The maximum atomic E-state index is 11.7. The molecule has 1 amide bonds. The summed E-state index contributed by atoms with van der Waals surface area (Å²) in [4.78, 5) is 11.7. The summed E-state index contributed by atoms with van der Waals surface area (Å²) in [5.41, 5.74) is 2.42. The third-order valence-electron chi connectivity index (χ3n) is 3.53. The van der Waals surface area contributed by atoms with Crippen molar-refractivity contribution >= 4 is 16.8 Å². The molecule has 4 heteroatoms. The van der Waals surface area contributed by atoms with E-state index in [1.807, 2.05) is 19.2 Å². The summed E-state index contributed by atoms with van der Waals surface area (Å²) in [6.07, 6.45) is 2.63. The van der Waals surface area contributed by atoms with Gasteiger partial charge in [0.15, 0.2) is 0 Å². The van der Waals surface area contributed by atoms with E-state index in [0.717, 1.165) is 6.54 Å². The van der Waals surface area contributed by atoms with Crippen LogP contribution in [0.4, 0.5) is 0 Å². The van der Waals surface area contributed by atoms with Crippen molar-refractivity contribution in [2.24, 2.45) is 7.05 Å². The van der Waals surface area contributed by atoms with Crippen molar-refractivity contribution in [3.63, 3.8) is 0 Å². The van der Waals surface area contributed by atoms with Gasteiger partial charge >= 0.3 is 0 Å². The Morgan fingerprint density at radius 3 is 3.00 bits per heavy atom. The molecule has 1 aromatic heterocycles. The minimum atomic E-state index is 0.110. The number of aromatic nitrogens is 1. The average molecular weight is 243 g/mol. The molecule has 1 aromatic carbocycles. The molecule has 1 fully saturated rings. The molecule has 1 aliphatic rings. The van der Waals surface area contributed by atoms with Crippen molar-refractivity contribution < 1.29 is 4.79 Å². The van der Waals surface area contributed by atoms with E-state index in [0.29, 0.717) is 13.0 Å². The molecule has 1 atom stereocenters. The largest absolute Gasteiger partial charge is 0.355 e.